The van der Waals surface area contributed by atoms with Crippen molar-refractivity contribution in [2.45, 2.75) is 60.8 Å². The molecule has 36 heteroatoms. The third-order valence-corrected chi connectivity index (χ3v) is 14.2. The van der Waals surface area contributed by atoms with Crippen LogP contribution < -0.4 is 56.8 Å². The number of benzene rings is 3. The molecule has 0 aliphatic carbocycles. The summed E-state index contributed by atoms with van der Waals surface area (Å²) < 4.78 is 354. The van der Waals surface area contributed by atoms with Gasteiger partial charge in [0.25, 0.3) is 30.6 Å². The molecule has 510 valence electrons. The van der Waals surface area contributed by atoms with Crippen molar-refractivity contribution >= 4 is 95.9 Å². The fourth-order valence-corrected chi connectivity index (χ4v) is 9.28. The first-order chi connectivity index (χ1) is 57.3. The second-order valence-corrected chi connectivity index (χ2v) is 24.3. The van der Waals surface area contributed by atoms with Gasteiger partial charge in [0.15, 0.2) is 17.5 Å². The van der Waals surface area contributed by atoms with E-state index in [9.17, 15) is 25.3 Å². The van der Waals surface area contributed by atoms with Crippen molar-refractivity contribution in [2.75, 3.05) is 73.2 Å². The summed E-state index contributed by atoms with van der Waals surface area (Å²) in [5.41, 5.74) is -1.76. The second-order valence-electron chi connectivity index (χ2n) is 17.6. The molecule has 0 radical (unpaired) electrons. The van der Waals surface area contributed by atoms with E-state index in [-0.39, 0.29) is 38.4 Å². The number of anilines is 3. The largest absolute Gasteiger partial charge is 0.473 e. The molecule has 3 aromatic carbocycles. The standard InChI is InChI=1S/3C20H23BrN6O4S/c3*1-3-8-26-32(28,29)27-18-17(15-4-6-16(21)7-5-15)19(25-13-24-18)30-9-10-31-20-22-11-14(2)12-23-20/h3*4-7,11-13,26H,3,8-10H2,1-2H3,(H,24,25,27)/i3D2,4D,5D,6D,7D,8D2,10D2,13D;4D,5D,6D,7D,9D2,10D2,13D;4D,5D,6D,7D,8D2,10D2,13D. The van der Waals surface area contributed by atoms with E-state index in [0.717, 1.165) is 6.92 Å². The fraction of sp³-hybridized carbons (Fsp3) is 0.300. The van der Waals surface area contributed by atoms with Crippen LogP contribution in [0.15, 0.2) is 142 Å². The highest BCUT2D eigenvalue weighted by Crippen LogP contribution is 2.38. The molecular weight excluding hydrogens is 1500 g/mol. The van der Waals surface area contributed by atoms with Gasteiger partial charge in [-0.05, 0) is 110 Å². The van der Waals surface area contributed by atoms with E-state index in [1.807, 2.05) is 9.44 Å². The van der Waals surface area contributed by atoms with Crippen molar-refractivity contribution in [2.24, 2.45) is 0 Å². The third kappa shape index (κ3) is 24.9. The topological polar surface area (TPSA) is 385 Å². The maximum Gasteiger partial charge on any atom is 0.316 e. The number of aryl methyl sites for hydroxylation is 3. The number of nitrogens with zero attached hydrogens (tertiary/aromatic N) is 12. The number of nitrogens with one attached hydrogen (secondary N) is 6. The van der Waals surface area contributed by atoms with E-state index in [1.165, 1.54) is 48.8 Å². The molecule has 0 fully saturated rings. The molecule has 96 heavy (non-hydrogen) atoms. The molecule has 0 bridgehead atoms. The van der Waals surface area contributed by atoms with Crippen LogP contribution in [0.3, 0.4) is 0 Å². The Kier molecular flexibility index (Phi) is 17.1. The molecule has 0 atom stereocenters. The first kappa shape index (κ1) is 43.6. The Hall–Kier alpha value is -8.49. The lowest BCUT2D eigenvalue weighted by Crippen LogP contribution is -2.31. The van der Waals surface area contributed by atoms with Gasteiger partial charge in [0, 0.05) is 78.4 Å². The average molecular weight is 1600 g/mol. The van der Waals surface area contributed by atoms with Crippen LogP contribution in [0.4, 0.5) is 17.5 Å². The van der Waals surface area contributed by atoms with E-state index in [0.29, 0.717) is 23.1 Å². The summed E-state index contributed by atoms with van der Waals surface area (Å²) in [6, 6.07) is -8.97. The maximum absolute atomic E-state index is 12.9. The number of ether oxygens (including phenoxy) is 6. The smallest absolute Gasteiger partial charge is 0.316 e. The van der Waals surface area contributed by atoms with Gasteiger partial charge >= 0.3 is 18.0 Å². The van der Waals surface area contributed by atoms with Gasteiger partial charge in [-0.1, -0.05) is 105 Å². The van der Waals surface area contributed by atoms with Crippen molar-refractivity contribution in [3.8, 4) is 69.1 Å². The van der Waals surface area contributed by atoms with E-state index in [1.54, 1.807) is 37.1 Å². The van der Waals surface area contributed by atoms with Crippen LogP contribution in [0.2, 0.25) is 0 Å². The van der Waals surface area contributed by atoms with Crippen molar-refractivity contribution in [3.63, 3.8) is 0 Å². The molecule has 0 aliphatic heterocycles. The minimum Gasteiger partial charge on any atom is -0.473 e. The SMILES string of the molecule is [2H]c1nc(NS(=O)(=O)NC([2H])([2H])C([2H])([2H])C)c(-c2c([2H])c([2H])c(Br)c([2H])c2[2H])c(OCC([2H])([2H])Oc2ncc(C)cn2)n1.[2H]c1nc(NS(=O)(=O)NC([2H])([2H])CC)c(-c2c([2H])c([2H])c(Br)c([2H])c2[2H])c(OCC([2H])([2H])Oc2ncc(C)cn2)n1.[2H]c1nc(NS(=O)(=O)NCCC)c(-c2c([2H])c([2H])c(Br)c([2H])c2[2H])c(OC([2H])([2H])C([2H])([2H])Oc2ncc(C)cn2)n1. The zero-order valence-corrected chi connectivity index (χ0v) is 57.3. The lowest BCUT2D eigenvalue weighted by atomic mass is 10.1. The minimum absolute atomic E-state index is 0.00652. The molecule has 0 saturated heterocycles. The molecule has 9 rings (SSSR count). The van der Waals surface area contributed by atoms with Crippen molar-refractivity contribution < 1.29 is 93.4 Å². The number of halogens is 3. The lowest BCUT2D eigenvalue weighted by Gasteiger charge is -2.15. The molecule has 0 saturated carbocycles. The van der Waals surface area contributed by atoms with Gasteiger partial charge in [-0.2, -0.15) is 39.4 Å². The fourth-order valence-electron chi connectivity index (χ4n) is 6.26. The summed E-state index contributed by atoms with van der Waals surface area (Å²) in [7, 11) is -14.2. The summed E-state index contributed by atoms with van der Waals surface area (Å²) in [6.45, 7) is -10.7. The lowest BCUT2D eigenvalue weighted by molar-refractivity contribution is 0.202. The Bertz CT molecular complexity index is 5810. The van der Waals surface area contributed by atoms with E-state index >= 15 is 0 Å². The van der Waals surface area contributed by atoms with Crippen LogP contribution in [0.1, 0.15) is 96.4 Å². The van der Waals surface area contributed by atoms with Gasteiger partial charge in [-0.3, -0.25) is 14.2 Å². The molecule has 0 unspecified atom stereocenters. The second kappa shape index (κ2) is 37.7. The third-order valence-electron chi connectivity index (χ3n) is 10.2. The number of aromatic nitrogens is 12. The number of hydrogen-bond donors (Lipinski definition) is 6. The Balaban J connectivity index is 0.000000258. The van der Waals surface area contributed by atoms with E-state index in [2.05, 4.69) is 112 Å². The molecule has 6 aromatic heterocycles. The predicted molar refractivity (Wildman–Crippen MR) is 371 cm³/mol. The minimum atomic E-state index is -5.07. The maximum atomic E-state index is 12.9. The molecule has 6 N–H and O–H groups in total. The zero-order valence-electron chi connectivity index (χ0n) is 79.1. The highest BCUT2D eigenvalue weighted by molar-refractivity contribution is 9.11. The monoisotopic (exact) mass is 1600 g/mol. The highest BCUT2D eigenvalue weighted by Gasteiger charge is 2.23. The van der Waals surface area contributed by atoms with Crippen molar-refractivity contribution in [1.82, 2.24) is 74.0 Å². The van der Waals surface area contributed by atoms with Crippen LogP contribution >= 0.6 is 47.8 Å². The number of hydrogen-bond acceptors (Lipinski definition) is 24. The summed E-state index contributed by atoms with van der Waals surface area (Å²) in [5.74, 6) is -4.85. The number of rotatable bonds is 33. The summed E-state index contributed by atoms with van der Waals surface area (Å²) >= 11 is 8.87. The molecule has 30 nitrogen and oxygen atoms in total. The normalized spacial score (nSPS) is 16.6. The molecule has 0 aliphatic rings. The molecule has 0 amide bonds. The Morgan fingerprint density at radius 2 is 0.708 bits per heavy atom. The van der Waals surface area contributed by atoms with Gasteiger partial charge in [0.05, 0.1) is 44.1 Å². The van der Waals surface area contributed by atoms with E-state index in [4.69, 9.17) is 68.2 Å². The Morgan fingerprint density at radius 3 is 1.04 bits per heavy atom. The van der Waals surface area contributed by atoms with Gasteiger partial charge in [-0.15, -0.1) is 0 Å². The van der Waals surface area contributed by atoms with Gasteiger partial charge in [0.1, 0.15) is 62.5 Å². The predicted octanol–water partition coefficient (Wildman–Crippen LogP) is 9.36. The van der Waals surface area contributed by atoms with Crippen LogP contribution in [0, 0.1) is 20.8 Å². The van der Waals surface area contributed by atoms with Crippen LogP contribution in [-0.4, -0.2) is 144 Å². The quantitative estimate of drug-likeness (QED) is 0.0223. The first-order valence-electron chi connectivity index (χ1n) is 41.0. The highest BCUT2D eigenvalue weighted by atomic mass is 79.9. The molecular formula is C60H69Br3N18O12S3. The van der Waals surface area contributed by atoms with Crippen molar-refractivity contribution in [3.05, 3.63) is 159 Å². The Labute approximate surface area is 622 Å². The first-order valence-corrected chi connectivity index (χ1v) is 33.4. The average Bonchev–Trinajstić information content (AvgIpc) is 0.757. The molecule has 6 heterocycles. The molecule has 9 aromatic rings. The molecule has 0 spiro atoms. The van der Waals surface area contributed by atoms with Crippen molar-refractivity contribution in [1.29, 1.82) is 0 Å². The summed E-state index contributed by atoms with van der Waals surface area (Å²) in [6.07, 6.45) is 2.86. The Morgan fingerprint density at radius 1 is 0.396 bits per heavy atom. The van der Waals surface area contributed by atoms with Crippen LogP contribution in [0.5, 0.6) is 35.7 Å². The zero-order chi connectivity index (χ0) is 94.5. The summed E-state index contributed by atoms with van der Waals surface area (Å²) in [5, 5.41) is 0. The van der Waals surface area contributed by atoms with E-state index < -0.39 is 255 Å². The van der Waals surface area contributed by atoms with Gasteiger partial charge in [-0.25, -0.2) is 59.8 Å². The van der Waals surface area contributed by atoms with Crippen LogP contribution in [0.25, 0.3) is 33.4 Å². The summed E-state index contributed by atoms with van der Waals surface area (Å²) in [4.78, 5) is 45.1. The van der Waals surface area contributed by atoms with Gasteiger partial charge in [0.2, 0.25) is 17.6 Å². The van der Waals surface area contributed by atoms with Crippen LogP contribution in [-0.2, 0) is 30.6 Å². The van der Waals surface area contributed by atoms with Gasteiger partial charge < -0.3 is 28.4 Å².